The molecule has 1 N–H and O–H groups in total. The molecular weight excluding hydrogens is 360 g/mol. The van der Waals surface area contributed by atoms with Crippen LogP contribution in [0.3, 0.4) is 0 Å². The van der Waals surface area contributed by atoms with E-state index >= 15 is 0 Å². The summed E-state index contributed by atoms with van der Waals surface area (Å²) in [4.78, 5) is 0. The van der Waals surface area contributed by atoms with E-state index in [0.717, 1.165) is 17.7 Å². The van der Waals surface area contributed by atoms with Gasteiger partial charge in [-0.15, -0.1) is 0 Å². The summed E-state index contributed by atoms with van der Waals surface area (Å²) >= 11 is 8.89. The zero-order valence-electron chi connectivity index (χ0n) is 11.5. The average molecular weight is 375 g/mol. The Hall–Kier alpha value is -0.970. The van der Waals surface area contributed by atoms with Crippen molar-refractivity contribution in [1.82, 2.24) is 5.32 Å². The lowest BCUT2D eigenvalue weighted by Gasteiger charge is -2.19. The Morgan fingerprint density at radius 3 is 2.52 bits per heavy atom. The molecule has 0 fully saturated rings. The summed E-state index contributed by atoms with van der Waals surface area (Å²) in [5.41, 5.74) is 1.78. The van der Waals surface area contributed by atoms with Gasteiger partial charge in [0.1, 0.15) is 11.6 Å². The van der Waals surface area contributed by atoms with Gasteiger partial charge >= 0.3 is 0 Å². The van der Waals surface area contributed by atoms with Gasteiger partial charge in [0.15, 0.2) is 0 Å². The Kier molecular flexibility index (Phi) is 5.73. The van der Waals surface area contributed by atoms with Crippen LogP contribution < -0.4 is 5.32 Å². The minimum Gasteiger partial charge on any atom is -0.310 e. The standard InChI is InChI=1S/C16H15BrClF2N/c1-2-21-16(11-4-6-14(19)12(17)9-11)8-10-3-5-13(18)15(20)7-10/h3-7,9,16,21H,2,8H2,1H3. The molecule has 0 saturated heterocycles. The molecule has 0 heterocycles. The van der Waals surface area contributed by atoms with Gasteiger partial charge < -0.3 is 5.32 Å². The van der Waals surface area contributed by atoms with Gasteiger partial charge in [-0.25, -0.2) is 8.78 Å². The molecule has 1 atom stereocenters. The zero-order chi connectivity index (χ0) is 15.4. The fourth-order valence-electron chi connectivity index (χ4n) is 2.19. The van der Waals surface area contributed by atoms with Crippen LogP contribution >= 0.6 is 27.5 Å². The maximum atomic E-state index is 13.5. The number of hydrogen-bond acceptors (Lipinski definition) is 1. The highest BCUT2D eigenvalue weighted by Crippen LogP contribution is 2.25. The van der Waals surface area contributed by atoms with Crippen molar-refractivity contribution >= 4 is 27.5 Å². The third-order valence-electron chi connectivity index (χ3n) is 3.22. The van der Waals surface area contributed by atoms with E-state index < -0.39 is 5.82 Å². The van der Waals surface area contributed by atoms with Gasteiger partial charge in [-0.2, -0.15) is 0 Å². The molecular formula is C16H15BrClF2N. The molecule has 0 aromatic heterocycles. The van der Waals surface area contributed by atoms with Gasteiger partial charge in [0.2, 0.25) is 0 Å². The predicted octanol–water partition coefficient (Wildman–Crippen LogP) is 5.27. The molecule has 0 bridgehead atoms. The molecule has 2 aromatic carbocycles. The molecule has 21 heavy (non-hydrogen) atoms. The fraction of sp³-hybridized carbons (Fsp3) is 0.250. The molecule has 0 saturated carbocycles. The largest absolute Gasteiger partial charge is 0.310 e. The second-order valence-corrected chi connectivity index (χ2v) is 6.00. The van der Waals surface area contributed by atoms with Crippen molar-refractivity contribution in [3.63, 3.8) is 0 Å². The van der Waals surface area contributed by atoms with Crippen molar-refractivity contribution in [2.24, 2.45) is 0 Å². The Bertz CT molecular complexity index is 634. The third kappa shape index (κ3) is 4.25. The molecule has 0 spiro atoms. The summed E-state index contributed by atoms with van der Waals surface area (Å²) in [5, 5.41) is 3.44. The molecule has 1 nitrogen and oxygen atoms in total. The number of likely N-dealkylation sites (N-methyl/N-ethyl adjacent to an activating group) is 1. The maximum absolute atomic E-state index is 13.5. The number of halogens is 4. The SMILES string of the molecule is CCNC(Cc1ccc(Cl)c(F)c1)c1ccc(F)c(Br)c1. The van der Waals surface area contributed by atoms with Crippen LogP contribution in [-0.2, 0) is 6.42 Å². The van der Waals surface area contributed by atoms with E-state index in [1.807, 2.05) is 6.92 Å². The summed E-state index contributed by atoms with van der Waals surface area (Å²) in [6, 6.07) is 9.67. The van der Waals surface area contributed by atoms with Crippen molar-refractivity contribution in [3.8, 4) is 0 Å². The first-order chi connectivity index (χ1) is 10.0. The normalized spacial score (nSPS) is 12.4. The highest BCUT2D eigenvalue weighted by Gasteiger charge is 2.14. The minimum atomic E-state index is -0.426. The van der Waals surface area contributed by atoms with Crippen molar-refractivity contribution < 1.29 is 8.78 Å². The van der Waals surface area contributed by atoms with Crippen LogP contribution in [0.15, 0.2) is 40.9 Å². The first kappa shape index (κ1) is 16.4. The number of rotatable bonds is 5. The Labute approximate surface area is 136 Å². The minimum absolute atomic E-state index is 0.0209. The summed E-state index contributed by atoms with van der Waals surface area (Å²) in [6.07, 6.45) is 0.597. The number of nitrogens with one attached hydrogen (secondary N) is 1. The van der Waals surface area contributed by atoms with Crippen molar-refractivity contribution in [2.45, 2.75) is 19.4 Å². The summed E-state index contributed by atoms with van der Waals surface area (Å²) in [7, 11) is 0. The van der Waals surface area contributed by atoms with E-state index in [4.69, 9.17) is 11.6 Å². The molecule has 0 radical (unpaired) electrons. The molecule has 1 unspecified atom stereocenters. The Morgan fingerprint density at radius 2 is 1.90 bits per heavy atom. The molecule has 0 amide bonds. The summed E-state index contributed by atoms with van der Waals surface area (Å²) < 4.78 is 27.3. The second kappa shape index (κ2) is 7.34. The fourth-order valence-corrected chi connectivity index (χ4v) is 2.70. The van der Waals surface area contributed by atoms with E-state index in [0.29, 0.717) is 10.9 Å². The molecule has 5 heteroatoms. The molecule has 2 aromatic rings. The first-order valence-electron chi connectivity index (χ1n) is 6.63. The lowest BCUT2D eigenvalue weighted by atomic mass is 9.98. The van der Waals surface area contributed by atoms with E-state index in [1.54, 1.807) is 24.3 Å². The number of hydrogen-bond donors (Lipinski definition) is 1. The average Bonchev–Trinajstić information content (AvgIpc) is 2.45. The van der Waals surface area contributed by atoms with Gasteiger partial charge in [0.25, 0.3) is 0 Å². The quantitative estimate of drug-likeness (QED) is 0.751. The highest BCUT2D eigenvalue weighted by atomic mass is 79.9. The lowest BCUT2D eigenvalue weighted by Crippen LogP contribution is -2.23. The van der Waals surface area contributed by atoms with Crippen LogP contribution in [0.1, 0.15) is 24.1 Å². The Morgan fingerprint density at radius 1 is 1.14 bits per heavy atom. The van der Waals surface area contributed by atoms with Crippen molar-refractivity contribution in [2.75, 3.05) is 6.54 Å². The van der Waals surface area contributed by atoms with E-state index in [-0.39, 0.29) is 16.9 Å². The van der Waals surface area contributed by atoms with Gasteiger partial charge in [-0.05, 0) is 64.3 Å². The molecule has 2 rings (SSSR count). The molecule has 112 valence electrons. The summed E-state index contributed by atoms with van der Waals surface area (Å²) in [6.45, 7) is 2.75. The first-order valence-corrected chi connectivity index (χ1v) is 7.80. The summed E-state index contributed by atoms with van der Waals surface area (Å²) in [5.74, 6) is -0.726. The van der Waals surface area contributed by atoms with Crippen LogP contribution in [-0.4, -0.2) is 6.54 Å². The molecule has 0 aliphatic rings. The van der Waals surface area contributed by atoms with Crippen LogP contribution in [0.4, 0.5) is 8.78 Å². The van der Waals surface area contributed by atoms with Crippen LogP contribution in [0.5, 0.6) is 0 Å². The Balaban J connectivity index is 2.25. The maximum Gasteiger partial charge on any atom is 0.142 e. The predicted molar refractivity (Wildman–Crippen MR) is 85.6 cm³/mol. The topological polar surface area (TPSA) is 12.0 Å². The van der Waals surface area contributed by atoms with E-state index in [9.17, 15) is 8.78 Å². The van der Waals surface area contributed by atoms with Crippen LogP contribution in [0.25, 0.3) is 0 Å². The monoisotopic (exact) mass is 373 g/mol. The van der Waals surface area contributed by atoms with Gasteiger partial charge in [-0.1, -0.05) is 30.7 Å². The number of benzene rings is 2. The van der Waals surface area contributed by atoms with Gasteiger partial charge in [0.05, 0.1) is 9.50 Å². The lowest BCUT2D eigenvalue weighted by molar-refractivity contribution is 0.543. The van der Waals surface area contributed by atoms with Gasteiger partial charge in [0, 0.05) is 6.04 Å². The van der Waals surface area contributed by atoms with Crippen molar-refractivity contribution in [3.05, 3.63) is 68.7 Å². The zero-order valence-corrected chi connectivity index (χ0v) is 13.8. The molecule has 0 aliphatic heterocycles. The highest BCUT2D eigenvalue weighted by molar-refractivity contribution is 9.10. The van der Waals surface area contributed by atoms with Crippen LogP contribution in [0, 0.1) is 11.6 Å². The van der Waals surface area contributed by atoms with Crippen molar-refractivity contribution in [1.29, 1.82) is 0 Å². The van der Waals surface area contributed by atoms with Gasteiger partial charge in [-0.3, -0.25) is 0 Å². The molecule has 0 aliphatic carbocycles. The van der Waals surface area contributed by atoms with E-state index in [1.165, 1.54) is 12.1 Å². The second-order valence-electron chi connectivity index (χ2n) is 4.74. The smallest absolute Gasteiger partial charge is 0.142 e. The third-order valence-corrected chi connectivity index (χ3v) is 4.13. The van der Waals surface area contributed by atoms with Crippen LogP contribution in [0.2, 0.25) is 5.02 Å². The van der Waals surface area contributed by atoms with E-state index in [2.05, 4.69) is 21.2 Å².